The first kappa shape index (κ1) is 24.4. The van der Waals surface area contributed by atoms with Crippen molar-refractivity contribution < 1.29 is 19.4 Å². The zero-order valence-corrected chi connectivity index (χ0v) is 19.4. The summed E-state index contributed by atoms with van der Waals surface area (Å²) in [5.41, 5.74) is 2.69. The topological polar surface area (TPSA) is 114 Å². The van der Waals surface area contributed by atoms with Crippen LogP contribution >= 0.6 is 0 Å². The van der Waals surface area contributed by atoms with Gasteiger partial charge < -0.3 is 25.0 Å². The van der Waals surface area contributed by atoms with E-state index in [1.807, 2.05) is 41.3 Å². The van der Waals surface area contributed by atoms with Crippen molar-refractivity contribution in [1.29, 1.82) is 5.26 Å². The van der Waals surface area contributed by atoms with Crippen LogP contribution in [0.15, 0.2) is 54.7 Å². The number of rotatable bonds is 7. The third kappa shape index (κ3) is 5.34. The number of carbonyl (C=O) groups is 1. The largest absolute Gasteiger partial charge is 0.382 e. The molecule has 182 valence electrons. The van der Waals surface area contributed by atoms with Crippen LogP contribution in [0.4, 0.5) is 10.1 Å². The van der Waals surface area contributed by atoms with E-state index in [1.54, 1.807) is 23.9 Å². The smallest absolute Gasteiger partial charge is 0.252 e. The molecular formula is C26H28FN5O3. The zero-order chi connectivity index (χ0) is 24.9. The predicted octanol–water partition coefficient (Wildman–Crippen LogP) is 2.52. The van der Waals surface area contributed by atoms with Crippen LogP contribution in [-0.4, -0.2) is 51.4 Å². The van der Waals surface area contributed by atoms with Crippen molar-refractivity contribution in [1.82, 2.24) is 14.9 Å². The number of hydrogen-bond donors (Lipinski definition) is 3. The lowest BCUT2D eigenvalue weighted by Gasteiger charge is -2.34. The van der Waals surface area contributed by atoms with Gasteiger partial charge in [-0.3, -0.25) is 4.79 Å². The van der Waals surface area contributed by atoms with E-state index in [0.29, 0.717) is 30.9 Å². The first-order chi connectivity index (χ1) is 16.9. The highest BCUT2D eigenvalue weighted by Crippen LogP contribution is 2.27. The number of aliphatic hydroxyl groups excluding tert-OH is 2. The molecule has 3 N–H and O–H groups in total. The summed E-state index contributed by atoms with van der Waals surface area (Å²) >= 11 is 0. The van der Waals surface area contributed by atoms with E-state index in [4.69, 9.17) is 0 Å². The van der Waals surface area contributed by atoms with Crippen molar-refractivity contribution in [2.75, 3.05) is 24.5 Å². The predicted molar refractivity (Wildman–Crippen MR) is 129 cm³/mol. The maximum Gasteiger partial charge on any atom is 0.252 e. The van der Waals surface area contributed by atoms with Crippen molar-refractivity contribution in [2.45, 2.75) is 25.0 Å². The molecule has 1 aliphatic rings. The second-order valence-electron chi connectivity index (χ2n) is 8.77. The van der Waals surface area contributed by atoms with Crippen LogP contribution in [0.3, 0.4) is 0 Å². The number of aromatic nitrogens is 2. The first-order valence-corrected chi connectivity index (χ1v) is 11.5. The van der Waals surface area contributed by atoms with Crippen LogP contribution in [0.1, 0.15) is 30.3 Å². The Bertz CT molecular complexity index is 1220. The van der Waals surface area contributed by atoms with Crippen LogP contribution in [0, 0.1) is 23.1 Å². The van der Waals surface area contributed by atoms with Crippen LogP contribution in [0.25, 0.3) is 11.3 Å². The molecule has 0 saturated carbocycles. The molecule has 0 unspecified atom stereocenters. The maximum absolute atomic E-state index is 13.4. The second-order valence-corrected chi connectivity index (χ2v) is 8.77. The second kappa shape index (κ2) is 10.7. The molecule has 3 aromatic rings. The Kier molecular flexibility index (Phi) is 7.44. The number of aliphatic hydroxyl groups is 2. The highest BCUT2D eigenvalue weighted by atomic mass is 19.1. The van der Waals surface area contributed by atoms with Crippen molar-refractivity contribution >= 4 is 11.6 Å². The normalized spacial score (nSPS) is 15.9. The number of nitrogens with one attached hydrogen (secondary N) is 1. The fraction of sp³-hybridized carbons (Fsp3) is 0.346. The van der Waals surface area contributed by atoms with Gasteiger partial charge in [0, 0.05) is 26.7 Å². The molecule has 0 aliphatic carbocycles. The Labute approximate surface area is 203 Å². The lowest BCUT2D eigenvalue weighted by atomic mass is 9.95. The lowest BCUT2D eigenvalue weighted by Crippen LogP contribution is -2.43. The molecule has 1 saturated heterocycles. The van der Waals surface area contributed by atoms with Gasteiger partial charge in [-0.2, -0.15) is 5.26 Å². The molecule has 0 bridgehead atoms. The van der Waals surface area contributed by atoms with Gasteiger partial charge in [0.15, 0.2) is 6.10 Å². The summed E-state index contributed by atoms with van der Waals surface area (Å²) in [4.78, 5) is 18.8. The van der Waals surface area contributed by atoms with Gasteiger partial charge in [0.25, 0.3) is 5.91 Å². The molecule has 35 heavy (non-hydrogen) atoms. The highest BCUT2D eigenvalue weighted by Gasteiger charge is 2.30. The van der Waals surface area contributed by atoms with E-state index < -0.39 is 23.9 Å². The standard InChI is InChI=1S/C26H28FN5O3/c1-31-22(18-5-3-2-4-6-18)16-29-25(31)23(33)24(34)26(35)30-15-17-9-11-32(12-10-17)21-8-7-20(27)13-19(21)14-28/h2-8,13,16-17,23-24,33-34H,9-12,15H2,1H3,(H,30,35)/t23-,24-/m1/s1. The molecule has 1 amide bonds. The molecule has 8 nitrogen and oxygen atoms in total. The number of benzene rings is 2. The molecular weight excluding hydrogens is 449 g/mol. The zero-order valence-electron chi connectivity index (χ0n) is 19.4. The average Bonchev–Trinajstić information content (AvgIpc) is 3.28. The van der Waals surface area contributed by atoms with Crippen LogP contribution in [-0.2, 0) is 11.8 Å². The van der Waals surface area contributed by atoms with Crippen LogP contribution in [0.2, 0.25) is 0 Å². The van der Waals surface area contributed by atoms with E-state index in [-0.39, 0.29) is 11.7 Å². The van der Waals surface area contributed by atoms with Gasteiger partial charge in [-0.1, -0.05) is 30.3 Å². The molecule has 9 heteroatoms. The summed E-state index contributed by atoms with van der Waals surface area (Å²) in [5, 5.41) is 33.1. The van der Waals surface area contributed by atoms with Crippen LogP contribution in [0.5, 0.6) is 0 Å². The Morgan fingerprint density at radius 3 is 2.63 bits per heavy atom. The van der Waals surface area contributed by atoms with Gasteiger partial charge in [-0.15, -0.1) is 0 Å². The highest BCUT2D eigenvalue weighted by molar-refractivity contribution is 5.81. The van der Waals surface area contributed by atoms with Crippen molar-refractivity contribution in [3.63, 3.8) is 0 Å². The average molecular weight is 478 g/mol. The molecule has 2 atom stereocenters. The quantitative estimate of drug-likeness (QED) is 0.482. The molecule has 0 spiro atoms. The summed E-state index contributed by atoms with van der Waals surface area (Å²) in [6, 6.07) is 15.8. The molecule has 1 fully saturated rings. The summed E-state index contributed by atoms with van der Waals surface area (Å²) in [6.45, 7) is 1.70. The van der Waals surface area contributed by atoms with Gasteiger partial charge >= 0.3 is 0 Å². The number of amides is 1. The van der Waals surface area contributed by atoms with Crippen molar-refractivity contribution in [3.8, 4) is 17.3 Å². The minimum atomic E-state index is -1.66. The third-order valence-electron chi connectivity index (χ3n) is 6.53. The Morgan fingerprint density at radius 1 is 1.23 bits per heavy atom. The molecule has 2 aromatic carbocycles. The summed E-state index contributed by atoms with van der Waals surface area (Å²) < 4.78 is 15.1. The number of piperidine rings is 1. The van der Waals surface area contributed by atoms with Gasteiger partial charge in [0.05, 0.1) is 23.1 Å². The van der Waals surface area contributed by atoms with Crippen molar-refractivity contribution in [3.05, 3.63) is 71.9 Å². The molecule has 4 rings (SSSR count). The number of anilines is 1. The number of nitrogens with zero attached hydrogens (tertiary/aromatic N) is 4. The molecule has 2 heterocycles. The Morgan fingerprint density at radius 2 is 1.94 bits per heavy atom. The number of imidazole rings is 1. The molecule has 1 aromatic heterocycles. The van der Waals surface area contributed by atoms with Gasteiger partial charge in [-0.05, 0) is 42.5 Å². The molecule has 1 aliphatic heterocycles. The van der Waals surface area contributed by atoms with E-state index in [9.17, 15) is 24.7 Å². The van der Waals surface area contributed by atoms with Crippen LogP contribution < -0.4 is 10.2 Å². The minimum absolute atomic E-state index is 0.184. The van der Waals surface area contributed by atoms with Crippen molar-refractivity contribution in [2.24, 2.45) is 13.0 Å². The third-order valence-corrected chi connectivity index (χ3v) is 6.53. The van der Waals surface area contributed by atoms with E-state index in [2.05, 4.69) is 10.3 Å². The van der Waals surface area contributed by atoms with Gasteiger partial charge in [0.2, 0.25) is 0 Å². The fourth-order valence-corrected chi connectivity index (χ4v) is 4.46. The SMILES string of the molecule is Cn1c(-c2ccccc2)cnc1[C@H](O)[C@@H](O)C(=O)NCC1CCN(c2ccc(F)cc2C#N)CC1. The monoisotopic (exact) mass is 477 g/mol. The maximum atomic E-state index is 13.4. The van der Waals surface area contributed by atoms with E-state index in [1.165, 1.54) is 12.1 Å². The summed E-state index contributed by atoms with van der Waals surface area (Å²) in [5.74, 6) is -0.712. The first-order valence-electron chi connectivity index (χ1n) is 11.5. The number of nitriles is 1. The summed E-state index contributed by atoms with van der Waals surface area (Å²) in [7, 11) is 1.73. The van der Waals surface area contributed by atoms with E-state index >= 15 is 0 Å². The molecule has 0 radical (unpaired) electrons. The van der Waals surface area contributed by atoms with Gasteiger partial charge in [0.1, 0.15) is 23.8 Å². The fourth-order valence-electron chi connectivity index (χ4n) is 4.46. The Balaban J connectivity index is 1.30. The minimum Gasteiger partial charge on any atom is -0.382 e. The lowest BCUT2D eigenvalue weighted by molar-refractivity contribution is -0.136. The number of carbonyl (C=O) groups excluding carboxylic acids is 1. The number of hydrogen-bond acceptors (Lipinski definition) is 6. The van der Waals surface area contributed by atoms with E-state index in [0.717, 1.165) is 24.1 Å². The summed E-state index contributed by atoms with van der Waals surface area (Å²) in [6.07, 6.45) is 0.00648. The number of halogens is 1. The Hall–Kier alpha value is -3.74. The van der Waals surface area contributed by atoms with Gasteiger partial charge in [-0.25, -0.2) is 9.37 Å².